The zero-order valence-corrected chi connectivity index (χ0v) is 27.3. The van der Waals surface area contributed by atoms with Crippen molar-refractivity contribution in [3.8, 4) is 0 Å². The van der Waals surface area contributed by atoms with Crippen LogP contribution in [0.4, 0.5) is 0 Å². The van der Waals surface area contributed by atoms with Gasteiger partial charge in [-0.1, -0.05) is 89.3 Å². The first-order chi connectivity index (χ1) is 20.8. The van der Waals surface area contributed by atoms with Crippen molar-refractivity contribution >= 4 is 0 Å². The van der Waals surface area contributed by atoms with Crippen LogP contribution in [-0.2, 0) is 0 Å². The molecule has 0 saturated heterocycles. The molecular weight excluding hydrogens is 522 g/mol. The maximum Gasteiger partial charge on any atom is 0.0557 e. The van der Waals surface area contributed by atoms with Crippen molar-refractivity contribution in [1.82, 2.24) is 15.8 Å². The van der Waals surface area contributed by atoms with E-state index < -0.39 is 0 Å². The van der Waals surface area contributed by atoms with E-state index in [1.54, 1.807) is 11.3 Å². The van der Waals surface area contributed by atoms with Crippen LogP contribution in [0.5, 0.6) is 0 Å². The third-order valence-corrected chi connectivity index (χ3v) is 12.8. The summed E-state index contributed by atoms with van der Waals surface area (Å²) in [6, 6.07) is 0.407. The fraction of sp³-hybridized carbons (Fsp3) is 0.600. The summed E-state index contributed by atoms with van der Waals surface area (Å²) in [7, 11) is 0. The molecule has 0 bridgehead atoms. The van der Waals surface area contributed by atoms with Gasteiger partial charge in [-0.25, -0.2) is 5.01 Å². The van der Waals surface area contributed by atoms with Crippen molar-refractivity contribution in [2.75, 3.05) is 6.54 Å². The van der Waals surface area contributed by atoms with Gasteiger partial charge in [0.1, 0.15) is 0 Å². The predicted molar refractivity (Wildman–Crippen MR) is 180 cm³/mol. The highest BCUT2D eigenvalue weighted by molar-refractivity contribution is 5.38. The van der Waals surface area contributed by atoms with Crippen LogP contribution in [0.15, 0.2) is 95.6 Å². The maximum absolute atomic E-state index is 4.17. The molecule has 2 N–H and O–H groups in total. The lowest BCUT2D eigenvalue weighted by Gasteiger charge is -2.44. The molecule has 43 heavy (non-hydrogen) atoms. The number of hydrogen-bond acceptors (Lipinski definition) is 3. The van der Waals surface area contributed by atoms with Gasteiger partial charge in [-0.05, 0) is 115 Å². The van der Waals surface area contributed by atoms with E-state index in [2.05, 4.69) is 123 Å². The Kier molecular flexibility index (Phi) is 7.99. The van der Waals surface area contributed by atoms with E-state index in [1.165, 1.54) is 43.4 Å². The largest absolute Gasteiger partial charge is 0.359 e. The van der Waals surface area contributed by atoms with Crippen LogP contribution in [0.1, 0.15) is 79.6 Å². The van der Waals surface area contributed by atoms with Gasteiger partial charge >= 0.3 is 0 Å². The third-order valence-electron chi connectivity index (χ3n) is 12.8. The average molecular weight is 578 g/mol. The summed E-state index contributed by atoms with van der Waals surface area (Å²) < 4.78 is 0. The third kappa shape index (κ3) is 5.39. The van der Waals surface area contributed by atoms with Gasteiger partial charge in [0.25, 0.3) is 0 Å². The quantitative estimate of drug-likeness (QED) is 0.309. The molecular formula is C40H55N3. The minimum absolute atomic E-state index is 0.381. The Bertz CT molecular complexity index is 1320. The monoisotopic (exact) mass is 577 g/mol. The molecule has 0 aromatic rings. The zero-order chi connectivity index (χ0) is 29.7. The number of nitrogens with zero attached hydrogens (tertiary/aromatic N) is 1. The molecule has 6 aliphatic carbocycles. The van der Waals surface area contributed by atoms with E-state index >= 15 is 0 Å². The highest BCUT2D eigenvalue weighted by Crippen LogP contribution is 2.64. The van der Waals surface area contributed by atoms with Gasteiger partial charge in [-0.2, -0.15) is 0 Å². The minimum Gasteiger partial charge on any atom is -0.359 e. The first kappa shape index (κ1) is 29.2. The zero-order valence-electron chi connectivity index (χ0n) is 27.3. The summed E-state index contributed by atoms with van der Waals surface area (Å²) >= 11 is 0. The Morgan fingerprint density at radius 1 is 0.930 bits per heavy atom. The lowest BCUT2D eigenvalue weighted by molar-refractivity contribution is 0.137. The Morgan fingerprint density at radius 3 is 2.60 bits per heavy atom. The standard InChI is InChI=1S/C40H55N3/c1-26-15-18-30(19-16-26)38-28(3)39-33-13-9-10-14-34(33)40(4,5)35(39)24-36(38)42-32-20-17-27(2)31(23-32)25-43-37(21-22-41-43)29-11-7-6-8-12-29/h6-9,11,13,15,18,20-23,26-30,33-35,37,39,41-42H,10,12,14,16-17,19,24-25H2,1-5H3. The van der Waals surface area contributed by atoms with Gasteiger partial charge < -0.3 is 10.7 Å². The van der Waals surface area contributed by atoms with Crippen molar-refractivity contribution in [2.45, 2.75) is 85.6 Å². The van der Waals surface area contributed by atoms with Crippen LogP contribution in [0.25, 0.3) is 0 Å². The highest BCUT2D eigenvalue weighted by atomic mass is 15.5. The SMILES string of the molecule is CC1C=CC(C2=C(NC3=CCC(C)C(CN4NC=CC4C4C=CC=CC4)=C3)CC3C(C2C)C2C=CCCC2C3(C)C)CC1. The average Bonchev–Trinajstić information content (AvgIpc) is 3.56. The van der Waals surface area contributed by atoms with Gasteiger partial charge in [0.05, 0.1) is 6.04 Å². The molecule has 7 rings (SSSR count). The first-order valence-electron chi connectivity index (χ1n) is 17.6. The number of hydrazine groups is 1. The maximum atomic E-state index is 4.17. The van der Waals surface area contributed by atoms with Crippen LogP contribution in [0.2, 0.25) is 0 Å². The van der Waals surface area contributed by atoms with E-state index in [-0.39, 0.29) is 0 Å². The molecule has 1 aliphatic heterocycles. The molecule has 0 amide bonds. The number of nitrogens with one attached hydrogen (secondary N) is 2. The second kappa shape index (κ2) is 11.8. The molecule has 10 unspecified atom stereocenters. The molecule has 3 nitrogen and oxygen atoms in total. The van der Waals surface area contributed by atoms with Crippen LogP contribution >= 0.6 is 0 Å². The van der Waals surface area contributed by atoms with Gasteiger partial charge in [-0.3, -0.25) is 0 Å². The molecule has 0 aromatic carbocycles. The van der Waals surface area contributed by atoms with Crippen LogP contribution in [0.3, 0.4) is 0 Å². The summed E-state index contributed by atoms with van der Waals surface area (Å²) in [5.41, 5.74) is 10.1. The highest BCUT2D eigenvalue weighted by Gasteiger charge is 2.58. The van der Waals surface area contributed by atoms with Crippen LogP contribution in [0, 0.1) is 58.7 Å². The summed E-state index contributed by atoms with van der Waals surface area (Å²) in [6.07, 6.45) is 37.5. The summed E-state index contributed by atoms with van der Waals surface area (Å²) in [5, 5.41) is 6.63. The molecule has 3 heteroatoms. The van der Waals surface area contributed by atoms with E-state index in [0.29, 0.717) is 41.0 Å². The second-order valence-corrected chi connectivity index (χ2v) is 15.6. The van der Waals surface area contributed by atoms with Crippen molar-refractivity contribution in [3.63, 3.8) is 0 Å². The first-order valence-corrected chi connectivity index (χ1v) is 17.6. The summed E-state index contributed by atoms with van der Waals surface area (Å²) in [5.74, 6) is 6.08. The van der Waals surface area contributed by atoms with Crippen molar-refractivity contribution in [2.24, 2.45) is 58.7 Å². The van der Waals surface area contributed by atoms with Crippen molar-refractivity contribution in [3.05, 3.63) is 95.6 Å². The number of rotatable bonds is 6. The molecule has 230 valence electrons. The second-order valence-electron chi connectivity index (χ2n) is 15.6. The van der Waals surface area contributed by atoms with Crippen LogP contribution in [-0.4, -0.2) is 17.6 Å². The van der Waals surface area contributed by atoms with Gasteiger partial charge in [0, 0.05) is 36.0 Å². The Balaban J connectivity index is 1.17. The normalized spacial score (nSPS) is 41.5. The fourth-order valence-corrected chi connectivity index (χ4v) is 10.3. The molecule has 0 aromatic heterocycles. The Labute approximate surface area is 261 Å². The fourth-order valence-electron chi connectivity index (χ4n) is 10.3. The van der Waals surface area contributed by atoms with E-state index in [4.69, 9.17) is 0 Å². The van der Waals surface area contributed by atoms with E-state index in [1.807, 2.05) is 0 Å². The molecule has 7 aliphatic rings. The number of fused-ring (bicyclic) bond motifs is 3. The van der Waals surface area contributed by atoms with Gasteiger partial charge in [0.2, 0.25) is 0 Å². The van der Waals surface area contributed by atoms with Gasteiger partial charge in [-0.15, -0.1) is 0 Å². The smallest absolute Gasteiger partial charge is 0.0557 e. The van der Waals surface area contributed by atoms with Crippen molar-refractivity contribution < 1.29 is 0 Å². The van der Waals surface area contributed by atoms with Crippen LogP contribution < -0.4 is 10.7 Å². The lowest BCUT2D eigenvalue weighted by atomic mass is 9.62. The van der Waals surface area contributed by atoms with E-state index in [9.17, 15) is 0 Å². The Hall–Kier alpha value is -2.52. The van der Waals surface area contributed by atoms with Crippen molar-refractivity contribution in [1.29, 1.82) is 0 Å². The van der Waals surface area contributed by atoms with E-state index in [0.717, 1.165) is 43.1 Å². The molecule has 10 atom stereocenters. The topological polar surface area (TPSA) is 27.3 Å². The lowest BCUT2D eigenvalue weighted by Crippen LogP contribution is -2.43. The molecule has 1 heterocycles. The summed E-state index contributed by atoms with van der Waals surface area (Å²) in [4.78, 5) is 0. The number of allylic oxidation sites excluding steroid dienone is 11. The van der Waals surface area contributed by atoms with Gasteiger partial charge in [0.15, 0.2) is 0 Å². The minimum atomic E-state index is 0.381. The predicted octanol–water partition coefficient (Wildman–Crippen LogP) is 9.01. The molecule has 1 saturated carbocycles. The molecule has 0 radical (unpaired) electrons. The number of hydrogen-bond donors (Lipinski definition) is 2. The molecule has 0 spiro atoms. The Morgan fingerprint density at radius 2 is 1.81 bits per heavy atom. The summed E-state index contributed by atoms with van der Waals surface area (Å²) in [6.45, 7) is 13.6. The molecule has 1 fully saturated rings.